The second-order valence-corrected chi connectivity index (χ2v) is 5.80. The first-order valence-corrected chi connectivity index (χ1v) is 5.66. The lowest BCUT2D eigenvalue weighted by atomic mass is 10.2. The van der Waals surface area contributed by atoms with Crippen LogP contribution in [0, 0.1) is 6.92 Å². The summed E-state index contributed by atoms with van der Waals surface area (Å²) in [6.07, 6.45) is 0. The van der Waals surface area contributed by atoms with Crippen molar-refractivity contribution in [2.24, 2.45) is 5.73 Å². The van der Waals surface area contributed by atoms with Gasteiger partial charge in [0.2, 0.25) is 0 Å². The van der Waals surface area contributed by atoms with Gasteiger partial charge in [-0.2, -0.15) is 0 Å². The molecule has 0 bridgehead atoms. The van der Waals surface area contributed by atoms with Crippen LogP contribution in [0.15, 0.2) is 12.1 Å². The van der Waals surface area contributed by atoms with E-state index in [0.717, 1.165) is 0 Å². The van der Waals surface area contributed by atoms with Crippen LogP contribution in [-0.4, -0.2) is 12.2 Å². The minimum absolute atomic E-state index is 0.00734. The van der Waals surface area contributed by atoms with E-state index in [0.29, 0.717) is 6.61 Å². The summed E-state index contributed by atoms with van der Waals surface area (Å²) < 4.78 is 5.64. The molecule has 1 unspecified atom stereocenters. The summed E-state index contributed by atoms with van der Waals surface area (Å²) in [6.45, 7) is 8.80. The maximum absolute atomic E-state index is 6.00. The highest BCUT2D eigenvalue weighted by molar-refractivity contribution is 7.12. The van der Waals surface area contributed by atoms with Crippen LogP contribution in [0.1, 0.15) is 36.6 Å². The second-order valence-electron chi connectivity index (χ2n) is 4.48. The maximum atomic E-state index is 6.00. The largest absolute Gasteiger partial charge is 0.374 e. The molecule has 1 aromatic rings. The van der Waals surface area contributed by atoms with Gasteiger partial charge in [0.15, 0.2) is 0 Å². The van der Waals surface area contributed by atoms with Crippen molar-refractivity contribution in [1.29, 1.82) is 0 Å². The Kier molecular flexibility index (Phi) is 3.70. The highest BCUT2D eigenvalue weighted by Gasteiger charge is 2.14. The summed E-state index contributed by atoms with van der Waals surface area (Å²) in [5.74, 6) is 0. The van der Waals surface area contributed by atoms with E-state index in [1.54, 1.807) is 11.3 Å². The van der Waals surface area contributed by atoms with Crippen LogP contribution in [-0.2, 0) is 4.74 Å². The van der Waals surface area contributed by atoms with Crippen molar-refractivity contribution in [3.8, 4) is 0 Å². The monoisotopic (exact) mass is 213 g/mol. The molecule has 0 aliphatic heterocycles. The predicted molar refractivity (Wildman–Crippen MR) is 61.7 cm³/mol. The molecule has 2 N–H and O–H groups in total. The first-order chi connectivity index (χ1) is 6.38. The standard InChI is InChI=1S/C11H19NOS/c1-8-5-6-10(14-8)9(12)7-13-11(2,3)4/h5-6,9H,7,12H2,1-4H3. The molecule has 0 saturated carbocycles. The molecular formula is C11H19NOS. The molecule has 0 aromatic carbocycles. The van der Waals surface area contributed by atoms with Crippen molar-refractivity contribution in [1.82, 2.24) is 0 Å². The fourth-order valence-corrected chi connectivity index (χ4v) is 1.94. The molecule has 1 atom stereocenters. The van der Waals surface area contributed by atoms with Gasteiger partial charge >= 0.3 is 0 Å². The summed E-state index contributed by atoms with van der Waals surface area (Å²) >= 11 is 1.74. The Bertz CT molecular complexity index is 288. The summed E-state index contributed by atoms with van der Waals surface area (Å²) in [5.41, 5.74) is 5.89. The number of hydrogen-bond acceptors (Lipinski definition) is 3. The molecule has 0 spiro atoms. The van der Waals surface area contributed by atoms with E-state index >= 15 is 0 Å². The van der Waals surface area contributed by atoms with Gasteiger partial charge in [0.1, 0.15) is 0 Å². The molecule has 0 fully saturated rings. The van der Waals surface area contributed by atoms with E-state index in [4.69, 9.17) is 10.5 Å². The van der Waals surface area contributed by atoms with Crippen molar-refractivity contribution in [3.63, 3.8) is 0 Å². The lowest BCUT2D eigenvalue weighted by molar-refractivity contribution is -0.00983. The third-order valence-corrected chi connectivity index (χ3v) is 2.96. The van der Waals surface area contributed by atoms with E-state index in [1.165, 1.54) is 9.75 Å². The molecule has 1 aromatic heterocycles. The van der Waals surface area contributed by atoms with Crippen molar-refractivity contribution < 1.29 is 4.74 Å². The molecule has 14 heavy (non-hydrogen) atoms. The van der Waals surface area contributed by atoms with E-state index in [2.05, 4.69) is 19.1 Å². The van der Waals surface area contributed by atoms with Gasteiger partial charge < -0.3 is 10.5 Å². The van der Waals surface area contributed by atoms with Crippen LogP contribution < -0.4 is 5.73 Å². The number of aryl methyl sites for hydroxylation is 1. The number of hydrogen-bond donors (Lipinski definition) is 1. The molecule has 0 saturated heterocycles. The maximum Gasteiger partial charge on any atom is 0.0674 e. The molecule has 1 heterocycles. The van der Waals surface area contributed by atoms with Gasteiger partial charge in [-0.05, 0) is 39.8 Å². The average Bonchev–Trinajstić information content (AvgIpc) is 2.46. The molecular weight excluding hydrogens is 194 g/mol. The first-order valence-electron chi connectivity index (χ1n) is 4.84. The zero-order chi connectivity index (χ0) is 10.8. The van der Waals surface area contributed by atoms with E-state index < -0.39 is 0 Å². The number of rotatable bonds is 3. The minimum atomic E-state index is -0.107. The first kappa shape index (κ1) is 11.7. The molecule has 2 nitrogen and oxygen atoms in total. The molecule has 0 radical (unpaired) electrons. The highest BCUT2D eigenvalue weighted by atomic mass is 32.1. The van der Waals surface area contributed by atoms with Crippen LogP contribution in [0.5, 0.6) is 0 Å². The summed E-state index contributed by atoms with van der Waals surface area (Å²) in [4.78, 5) is 2.50. The fourth-order valence-electron chi connectivity index (χ4n) is 1.07. The summed E-state index contributed by atoms with van der Waals surface area (Å²) in [5, 5.41) is 0. The van der Waals surface area contributed by atoms with Gasteiger partial charge in [-0.3, -0.25) is 0 Å². The number of ether oxygens (including phenoxy) is 1. The van der Waals surface area contributed by atoms with Crippen molar-refractivity contribution in [3.05, 3.63) is 21.9 Å². The summed E-state index contributed by atoms with van der Waals surface area (Å²) in [7, 11) is 0. The quantitative estimate of drug-likeness (QED) is 0.838. The van der Waals surface area contributed by atoms with Crippen molar-refractivity contribution in [2.45, 2.75) is 39.3 Å². The van der Waals surface area contributed by atoms with Crippen molar-refractivity contribution >= 4 is 11.3 Å². The number of nitrogens with two attached hydrogens (primary N) is 1. The van der Waals surface area contributed by atoms with E-state index in [9.17, 15) is 0 Å². The third-order valence-electron chi connectivity index (χ3n) is 1.82. The van der Waals surface area contributed by atoms with Gasteiger partial charge in [0.25, 0.3) is 0 Å². The van der Waals surface area contributed by atoms with Gasteiger partial charge in [-0.25, -0.2) is 0 Å². The Hall–Kier alpha value is -0.380. The molecule has 0 aliphatic carbocycles. The molecule has 1 rings (SSSR count). The molecule has 80 valence electrons. The zero-order valence-electron chi connectivity index (χ0n) is 9.33. The van der Waals surface area contributed by atoms with E-state index in [1.807, 2.05) is 20.8 Å². The van der Waals surface area contributed by atoms with Crippen LogP contribution in [0.4, 0.5) is 0 Å². The molecule has 0 aliphatic rings. The third kappa shape index (κ3) is 3.78. The zero-order valence-corrected chi connectivity index (χ0v) is 10.1. The Labute approximate surface area is 90.1 Å². The second kappa shape index (κ2) is 4.43. The molecule has 3 heteroatoms. The minimum Gasteiger partial charge on any atom is -0.374 e. The predicted octanol–water partition coefficient (Wildman–Crippen LogP) is 2.87. The van der Waals surface area contributed by atoms with Gasteiger partial charge in [-0.1, -0.05) is 0 Å². The Balaban J connectivity index is 2.47. The van der Waals surface area contributed by atoms with E-state index in [-0.39, 0.29) is 11.6 Å². The fraction of sp³-hybridized carbons (Fsp3) is 0.636. The van der Waals surface area contributed by atoms with Crippen molar-refractivity contribution in [2.75, 3.05) is 6.61 Å². The van der Waals surface area contributed by atoms with Crippen LogP contribution in [0.3, 0.4) is 0 Å². The highest BCUT2D eigenvalue weighted by Crippen LogP contribution is 2.22. The van der Waals surface area contributed by atoms with Gasteiger partial charge in [-0.15, -0.1) is 11.3 Å². The van der Waals surface area contributed by atoms with Gasteiger partial charge in [0.05, 0.1) is 18.2 Å². The Morgan fingerprint density at radius 1 is 1.43 bits per heavy atom. The SMILES string of the molecule is Cc1ccc(C(N)COC(C)(C)C)s1. The lowest BCUT2D eigenvalue weighted by Gasteiger charge is -2.21. The summed E-state index contributed by atoms with van der Waals surface area (Å²) in [6, 6.07) is 4.18. The molecule has 0 amide bonds. The lowest BCUT2D eigenvalue weighted by Crippen LogP contribution is -2.25. The van der Waals surface area contributed by atoms with Crippen LogP contribution in [0.2, 0.25) is 0 Å². The van der Waals surface area contributed by atoms with Gasteiger partial charge in [0, 0.05) is 9.75 Å². The Morgan fingerprint density at radius 2 is 2.07 bits per heavy atom. The number of thiophene rings is 1. The topological polar surface area (TPSA) is 35.2 Å². The van der Waals surface area contributed by atoms with Crippen LogP contribution >= 0.6 is 11.3 Å². The smallest absolute Gasteiger partial charge is 0.0674 e. The normalized spacial score (nSPS) is 14.4. The Morgan fingerprint density at radius 3 is 2.50 bits per heavy atom. The van der Waals surface area contributed by atoms with Crippen LogP contribution in [0.25, 0.3) is 0 Å². The average molecular weight is 213 g/mol.